The molecular formula is C18H38IN4O2-. The number of hydrogen-bond acceptors (Lipinski definition) is 6. The van der Waals surface area contributed by atoms with E-state index in [1.165, 1.54) is 26.2 Å². The summed E-state index contributed by atoms with van der Waals surface area (Å²) in [4.78, 5) is 7.31. The van der Waals surface area contributed by atoms with Crippen LogP contribution < -0.4 is 30.3 Å². The van der Waals surface area contributed by atoms with E-state index in [1.807, 2.05) is 0 Å². The molecule has 0 aromatic carbocycles. The van der Waals surface area contributed by atoms with E-state index >= 15 is 0 Å². The van der Waals surface area contributed by atoms with Crippen LogP contribution in [0.5, 0.6) is 0 Å². The fourth-order valence-electron chi connectivity index (χ4n) is 3.65. The van der Waals surface area contributed by atoms with Crippen molar-refractivity contribution in [3.05, 3.63) is 0 Å². The molecule has 1 spiro atoms. The summed E-state index contributed by atoms with van der Waals surface area (Å²) in [5, 5.41) is 3.41. The second kappa shape index (κ2) is 12.0. The Bertz CT molecular complexity index is 346. The molecule has 2 rings (SSSR count). The van der Waals surface area contributed by atoms with Gasteiger partial charge in [0, 0.05) is 6.54 Å². The van der Waals surface area contributed by atoms with E-state index in [4.69, 9.17) is 9.47 Å². The first-order valence-electron chi connectivity index (χ1n) is 9.66. The Balaban J connectivity index is 1.35. The first-order valence-corrected chi connectivity index (χ1v) is 12.9. The number of likely N-dealkylation sites (tertiary alicyclic amines) is 2. The van der Waals surface area contributed by atoms with Gasteiger partial charge in [-0.2, -0.15) is 0 Å². The summed E-state index contributed by atoms with van der Waals surface area (Å²) in [6, 6.07) is 0. The van der Waals surface area contributed by atoms with Gasteiger partial charge in [0.2, 0.25) is 0 Å². The molecule has 2 heterocycles. The van der Waals surface area contributed by atoms with Crippen molar-refractivity contribution in [2.75, 3.05) is 90.3 Å². The number of rotatable bonds is 15. The van der Waals surface area contributed by atoms with Gasteiger partial charge < -0.3 is 10.1 Å². The Hall–Kier alpha value is 0.490. The third-order valence-corrected chi connectivity index (χ3v) is 6.09. The molecule has 150 valence electrons. The molecular weight excluding hydrogens is 431 g/mol. The molecule has 7 heteroatoms. The van der Waals surface area contributed by atoms with Crippen LogP contribution in [0.25, 0.3) is 0 Å². The van der Waals surface area contributed by atoms with Gasteiger partial charge in [0.05, 0.1) is 13.2 Å². The molecule has 0 aliphatic carbocycles. The molecule has 2 N–H and O–H groups in total. The Kier molecular flexibility index (Phi) is 10.5. The van der Waals surface area contributed by atoms with Gasteiger partial charge in [0.15, 0.2) is 0 Å². The summed E-state index contributed by atoms with van der Waals surface area (Å²) in [5.41, 5.74) is 0.590. The van der Waals surface area contributed by atoms with Gasteiger partial charge in [-0.15, -0.1) is 0 Å². The SMILES string of the molecule is C[I-]NCCOCCN1CC2(CN(CCOCCNCC(C)C)C2)C1. The molecule has 0 saturated carbocycles. The van der Waals surface area contributed by atoms with Gasteiger partial charge in [0.1, 0.15) is 0 Å². The van der Waals surface area contributed by atoms with E-state index in [1.54, 1.807) is 0 Å². The van der Waals surface area contributed by atoms with Crippen LogP contribution in [0, 0.1) is 11.3 Å². The van der Waals surface area contributed by atoms with Crippen molar-refractivity contribution < 1.29 is 31.0 Å². The van der Waals surface area contributed by atoms with Crippen LogP contribution in [0.1, 0.15) is 13.8 Å². The van der Waals surface area contributed by atoms with Gasteiger partial charge in [-0.1, -0.05) is 13.8 Å². The van der Waals surface area contributed by atoms with Crippen LogP contribution >= 0.6 is 0 Å². The summed E-state index contributed by atoms with van der Waals surface area (Å²) in [6.45, 7) is 18.1. The summed E-state index contributed by atoms with van der Waals surface area (Å²) in [7, 11) is 0. The number of hydrogen-bond donors (Lipinski definition) is 2. The van der Waals surface area contributed by atoms with Crippen molar-refractivity contribution >= 4 is 0 Å². The summed E-state index contributed by atoms with van der Waals surface area (Å²) in [6.07, 6.45) is 0. The molecule has 0 aromatic rings. The number of halogens is 1. The summed E-state index contributed by atoms with van der Waals surface area (Å²) in [5.74, 6) is 0.713. The molecule has 0 unspecified atom stereocenters. The predicted octanol–water partition coefficient (Wildman–Crippen LogP) is -2.89. The summed E-state index contributed by atoms with van der Waals surface area (Å²) < 4.78 is 14.8. The van der Waals surface area contributed by atoms with Gasteiger partial charge in [-0.3, -0.25) is 0 Å². The van der Waals surface area contributed by atoms with Gasteiger partial charge in [-0.05, 0) is 12.5 Å². The molecule has 0 aromatic heterocycles. The normalized spacial score (nSPS) is 20.3. The van der Waals surface area contributed by atoms with Crippen molar-refractivity contribution in [1.29, 1.82) is 0 Å². The first-order chi connectivity index (χ1) is 12.1. The fraction of sp³-hybridized carbons (Fsp3) is 1.00. The van der Waals surface area contributed by atoms with Crippen LogP contribution in [0.15, 0.2) is 0 Å². The minimum absolute atomic E-state index is 0.199. The average molecular weight is 469 g/mol. The molecule has 6 nitrogen and oxygen atoms in total. The quantitative estimate of drug-likeness (QED) is 0.116. The van der Waals surface area contributed by atoms with Crippen LogP contribution in [-0.2, 0) is 9.47 Å². The van der Waals surface area contributed by atoms with Crippen LogP contribution in [0.2, 0.25) is 0 Å². The second-order valence-corrected chi connectivity index (χ2v) is 9.66. The van der Waals surface area contributed by atoms with E-state index < -0.39 is 0 Å². The third-order valence-electron chi connectivity index (χ3n) is 4.79. The number of nitrogens with zero attached hydrogens (tertiary/aromatic N) is 2. The molecule has 0 amide bonds. The zero-order chi connectivity index (χ0) is 18.0. The molecule has 2 saturated heterocycles. The van der Waals surface area contributed by atoms with Crippen LogP contribution in [-0.4, -0.2) is 100 Å². The maximum absolute atomic E-state index is 5.72. The molecule has 0 bridgehead atoms. The number of alkyl halides is 1. The molecule has 0 atom stereocenters. The van der Waals surface area contributed by atoms with Crippen LogP contribution in [0.3, 0.4) is 0 Å². The Labute approximate surface area is 165 Å². The predicted molar refractivity (Wildman–Crippen MR) is 98.6 cm³/mol. The van der Waals surface area contributed by atoms with Gasteiger partial charge in [0.25, 0.3) is 0 Å². The minimum atomic E-state index is 0.199. The fourth-order valence-corrected chi connectivity index (χ4v) is 4.41. The van der Waals surface area contributed by atoms with E-state index in [0.717, 1.165) is 59.2 Å². The topological polar surface area (TPSA) is 49.0 Å². The zero-order valence-electron chi connectivity index (χ0n) is 16.4. The Morgan fingerprint density at radius 1 is 0.920 bits per heavy atom. The van der Waals surface area contributed by atoms with Crippen molar-refractivity contribution in [2.24, 2.45) is 11.3 Å². The van der Waals surface area contributed by atoms with E-state index in [0.29, 0.717) is 11.3 Å². The number of nitrogens with one attached hydrogen (secondary N) is 2. The molecule has 2 aliphatic heterocycles. The van der Waals surface area contributed by atoms with Gasteiger partial charge in [-0.25, -0.2) is 0 Å². The van der Waals surface area contributed by atoms with Gasteiger partial charge >= 0.3 is 109 Å². The first kappa shape index (κ1) is 21.8. The van der Waals surface area contributed by atoms with E-state index in [9.17, 15) is 0 Å². The van der Waals surface area contributed by atoms with Crippen LogP contribution in [0.4, 0.5) is 0 Å². The maximum atomic E-state index is 5.72. The third kappa shape index (κ3) is 8.36. The Morgan fingerprint density at radius 2 is 1.48 bits per heavy atom. The van der Waals surface area contributed by atoms with E-state index in [-0.39, 0.29) is 21.5 Å². The Morgan fingerprint density at radius 3 is 2.00 bits per heavy atom. The van der Waals surface area contributed by atoms with Crippen molar-refractivity contribution in [1.82, 2.24) is 18.6 Å². The van der Waals surface area contributed by atoms with Crippen molar-refractivity contribution in [2.45, 2.75) is 13.8 Å². The monoisotopic (exact) mass is 469 g/mol. The summed E-state index contributed by atoms with van der Waals surface area (Å²) >= 11 is 0.199. The number of ether oxygens (including phenoxy) is 2. The van der Waals surface area contributed by atoms with Crippen molar-refractivity contribution in [3.63, 3.8) is 0 Å². The zero-order valence-corrected chi connectivity index (χ0v) is 18.5. The second-order valence-electron chi connectivity index (χ2n) is 7.82. The molecule has 2 fully saturated rings. The van der Waals surface area contributed by atoms with Crippen molar-refractivity contribution in [3.8, 4) is 0 Å². The standard InChI is InChI=1S/C18H38IN4O2/c1-17(2)12-20-4-8-24-10-6-22-13-18(14-22)15-23(16-18)7-11-25-9-5-21-19-3/h17,20-21H,4-16H2,1-3H3/q-1. The van der Waals surface area contributed by atoms with E-state index in [2.05, 4.69) is 37.4 Å². The molecule has 0 radical (unpaired) electrons. The molecule has 25 heavy (non-hydrogen) atoms. The average Bonchev–Trinajstić information content (AvgIpc) is 2.51. The molecule has 2 aliphatic rings.